The summed E-state index contributed by atoms with van der Waals surface area (Å²) in [5.74, 6) is 0.0451. The number of hydrogen-bond acceptors (Lipinski definition) is 5. The number of carbonyl (C=O) groups is 3. The molecule has 0 radical (unpaired) electrons. The third-order valence-corrected chi connectivity index (χ3v) is 4.58. The maximum Gasteiger partial charge on any atom is 0.246 e. The first kappa shape index (κ1) is 20.2. The lowest BCUT2D eigenvalue weighted by Gasteiger charge is -2.28. The minimum absolute atomic E-state index is 0.00719. The fourth-order valence-electron chi connectivity index (χ4n) is 3.35. The average molecular weight is 396 g/mol. The number of carbonyl (C=O) groups excluding carboxylic acids is 3. The van der Waals surface area contributed by atoms with E-state index in [9.17, 15) is 14.4 Å². The van der Waals surface area contributed by atoms with Gasteiger partial charge in [-0.05, 0) is 37.3 Å². The summed E-state index contributed by atoms with van der Waals surface area (Å²) in [5.41, 5.74) is 2.45. The highest BCUT2D eigenvalue weighted by Crippen LogP contribution is 2.32. The van der Waals surface area contributed by atoms with E-state index in [1.807, 2.05) is 25.1 Å². The first-order valence-electron chi connectivity index (χ1n) is 9.29. The predicted octanol–water partition coefficient (Wildman–Crippen LogP) is 2.83. The molecule has 0 saturated carbocycles. The topological polar surface area (TPSA) is 99.8 Å². The van der Waals surface area contributed by atoms with Crippen molar-refractivity contribution in [3.05, 3.63) is 42.5 Å². The van der Waals surface area contributed by atoms with Crippen LogP contribution in [0.15, 0.2) is 42.5 Å². The fraction of sp³-hybridized carbons (Fsp3) is 0.286. The van der Waals surface area contributed by atoms with Gasteiger partial charge in [-0.15, -0.1) is 0 Å². The number of benzene rings is 2. The largest absolute Gasteiger partial charge is 0.495 e. The van der Waals surface area contributed by atoms with Crippen LogP contribution in [0.5, 0.6) is 5.75 Å². The minimum Gasteiger partial charge on any atom is -0.495 e. The van der Waals surface area contributed by atoms with Gasteiger partial charge in [-0.1, -0.05) is 12.1 Å². The summed E-state index contributed by atoms with van der Waals surface area (Å²) in [6, 6.07) is 12.1. The van der Waals surface area contributed by atoms with E-state index in [0.29, 0.717) is 28.5 Å². The van der Waals surface area contributed by atoms with Gasteiger partial charge in [0.25, 0.3) is 0 Å². The van der Waals surface area contributed by atoms with Crippen molar-refractivity contribution in [1.82, 2.24) is 0 Å². The van der Waals surface area contributed by atoms with E-state index in [1.54, 1.807) is 29.2 Å². The molecule has 3 amide bonds. The van der Waals surface area contributed by atoms with E-state index < -0.39 is 0 Å². The molecule has 0 spiro atoms. The van der Waals surface area contributed by atoms with Crippen LogP contribution in [0.25, 0.3) is 0 Å². The third kappa shape index (κ3) is 4.66. The monoisotopic (exact) mass is 396 g/mol. The highest BCUT2D eigenvalue weighted by molar-refractivity contribution is 6.05. The van der Waals surface area contributed by atoms with Crippen LogP contribution in [0, 0.1) is 0 Å². The predicted molar refractivity (Wildman–Crippen MR) is 112 cm³/mol. The second kappa shape index (κ2) is 8.64. The lowest BCUT2D eigenvalue weighted by molar-refractivity contribution is -0.118. The van der Waals surface area contributed by atoms with Crippen molar-refractivity contribution in [3.63, 3.8) is 0 Å². The second-order valence-corrected chi connectivity index (χ2v) is 6.83. The van der Waals surface area contributed by atoms with Crippen molar-refractivity contribution >= 4 is 40.5 Å². The van der Waals surface area contributed by atoms with Gasteiger partial charge in [-0.3, -0.25) is 14.4 Å². The Labute approximate surface area is 169 Å². The molecule has 0 fully saturated rings. The average Bonchev–Trinajstić information content (AvgIpc) is 2.80. The number of fused-ring (bicyclic) bond motifs is 1. The zero-order chi connectivity index (χ0) is 21.0. The van der Waals surface area contributed by atoms with Crippen LogP contribution in [-0.4, -0.2) is 37.4 Å². The summed E-state index contributed by atoms with van der Waals surface area (Å²) in [7, 11) is 1.53. The molecule has 1 atom stereocenters. The van der Waals surface area contributed by atoms with Crippen LogP contribution in [0.1, 0.15) is 20.3 Å². The number of anilines is 4. The fourth-order valence-corrected chi connectivity index (χ4v) is 3.35. The lowest BCUT2D eigenvalue weighted by Crippen LogP contribution is -2.42. The summed E-state index contributed by atoms with van der Waals surface area (Å²) in [4.78, 5) is 38.1. The summed E-state index contributed by atoms with van der Waals surface area (Å²) < 4.78 is 5.34. The number of para-hydroxylation sites is 2. The lowest BCUT2D eigenvalue weighted by atomic mass is 10.1. The van der Waals surface area contributed by atoms with E-state index >= 15 is 0 Å². The Balaban J connectivity index is 1.82. The summed E-state index contributed by atoms with van der Waals surface area (Å²) in [6.45, 7) is 3.26. The molecule has 2 aromatic rings. The van der Waals surface area contributed by atoms with Gasteiger partial charge < -0.3 is 25.6 Å². The SMILES string of the molecule is COc1ccc(NC(C)=O)cc1NCC(=O)N1c2ccccc2NC(=O)CC1C. The summed E-state index contributed by atoms with van der Waals surface area (Å²) in [6.07, 6.45) is 0.210. The van der Waals surface area contributed by atoms with Gasteiger partial charge in [-0.2, -0.15) is 0 Å². The molecule has 29 heavy (non-hydrogen) atoms. The number of methoxy groups -OCH3 is 1. The molecule has 0 bridgehead atoms. The molecular formula is C21H24N4O4. The van der Waals surface area contributed by atoms with Crippen molar-refractivity contribution in [2.75, 3.05) is 34.5 Å². The Kier molecular flexibility index (Phi) is 6.01. The minimum atomic E-state index is -0.291. The maximum atomic E-state index is 13.1. The zero-order valence-corrected chi connectivity index (χ0v) is 16.6. The van der Waals surface area contributed by atoms with Crippen molar-refractivity contribution < 1.29 is 19.1 Å². The molecule has 3 N–H and O–H groups in total. The van der Waals surface area contributed by atoms with Crippen molar-refractivity contribution in [2.24, 2.45) is 0 Å². The van der Waals surface area contributed by atoms with E-state index in [0.717, 1.165) is 0 Å². The van der Waals surface area contributed by atoms with Crippen LogP contribution >= 0.6 is 0 Å². The number of rotatable bonds is 5. The van der Waals surface area contributed by atoms with Crippen LogP contribution in [0.3, 0.4) is 0 Å². The van der Waals surface area contributed by atoms with Crippen LogP contribution in [0.4, 0.5) is 22.7 Å². The Morgan fingerprint density at radius 3 is 2.72 bits per heavy atom. The molecule has 8 heteroatoms. The van der Waals surface area contributed by atoms with E-state index in [4.69, 9.17) is 4.74 Å². The standard InChI is InChI=1S/C21H24N4O4/c1-13-10-20(27)24-16-6-4-5-7-18(16)25(13)21(28)12-22-17-11-15(23-14(2)26)8-9-19(17)29-3/h4-9,11,13,22H,10,12H2,1-3H3,(H,23,26)(H,24,27). The van der Waals surface area contributed by atoms with Gasteiger partial charge in [0.15, 0.2) is 0 Å². The zero-order valence-electron chi connectivity index (χ0n) is 16.6. The number of nitrogens with one attached hydrogen (secondary N) is 3. The van der Waals surface area contributed by atoms with Crippen LogP contribution in [-0.2, 0) is 14.4 Å². The molecule has 0 aromatic heterocycles. The van der Waals surface area contributed by atoms with Gasteiger partial charge in [0, 0.05) is 25.1 Å². The van der Waals surface area contributed by atoms with Gasteiger partial charge in [0.2, 0.25) is 17.7 Å². The first-order valence-corrected chi connectivity index (χ1v) is 9.29. The van der Waals surface area contributed by atoms with Gasteiger partial charge in [0.1, 0.15) is 5.75 Å². The Hall–Kier alpha value is -3.55. The highest BCUT2D eigenvalue weighted by Gasteiger charge is 2.29. The second-order valence-electron chi connectivity index (χ2n) is 6.83. The van der Waals surface area contributed by atoms with E-state index in [1.165, 1.54) is 14.0 Å². The molecule has 2 aromatic carbocycles. The summed E-state index contributed by atoms with van der Waals surface area (Å²) >= 11 is 0. The first-order chi connectivity index (χ1) is 13.9. The van der Waals surface area contributed by atoms with Crippen LogP contribution < -0.4 is 25.6 Å². The normalized spacial score (nSPS) is 15.6. The number of ether oxygens (including phenoxy) is 1. The maximum absolute atomic E-state index is 13.1. The van der Waals surface area contributed by atoms with Gasteiger partial charge in [0.05, 0.1) is 30.7 Å². The van der Waals surface area contributed by atoms with Crippen molar-refractivity contribution in [1.29, 1.82) is 0 Å². The quantitative estimate of drug-likeness (QED) is 0.722. The smallest absolute Gasteiger partial charge is 0.246 e. The number of nitrogens with zero attached hydrogens (tertiary/aromatic N) is 1. The molecule has 1 unspecified atom stereocenters. The molecule has 0 aliphatic carbocycles. The Morgan fingerprint density at radius 1 is 1.24 bits per heavy atom. The molecule has 0 saturated heterocycles. The molecule has 3 rings (SSSR count). The van der Waals surface area contributed by atoms with Gasteiger partial charge >= 0.3 is 0 Å². The van der Waals surface area contributed by atoms with Crippen molar-refractivity contribution in [3.8, 4) is 5.75 Å². The van der Waals surface area contributed by atoms with Gasteiger partial charge in [-0.25, -0.2) is 0 Å². The third-order valence-electron chi connectivity index (χ3n) is 4.58. The molecular weight excluding hydrogens is 372 g/mol. The highest BCUT2D eigenvalue weighted by atomic mass is 16.5. The molecule has 1 aliphatic heterocycles. The van der Waals surface area contributed by atoms with Crippen LogP contribution in [0.2, 0.25) is 0 Å². The molecule has 1 heterocycles. The summed E-state index contributed by atoms with van der Waals surface area (Å²) in [5, 5.41) is 8.63. The molecule has 1 aliphatic rings. The Morgan fingerprint density at radius 2 is 2.00 bits per heavy atom. The number of hydrogen-bond donors (Lipinski definition) is 3. The molecule has 152 valence electrons. The van der Waals surface area contributed by atoms with E-state index in [-0.39, 0.29) is 36.7 Å². The number of amides is 3. The molecule has 8 nitrogen and oxygen atoms in total. The van der Waals surface area contributed by atoms with E-state index in [2.05, 4.69) is 16.0 Å². The Bertz CT molecular complexity index is 944. The van der Waals surface area contributed by atoms with Crippen molar-refractivity contribution in [2.45, 2.75) is 26.3 Å².